The van der Waals surface area contributed by atoms with E-state index in [-0.39, 0.29) is 0 Å². The number of nitrogen functional groups attached to an aromatic ring is 1. The fraction of sp³-hybridized carbons (Fsp3) is 0.308. The van der Waals surface area contributed by atoms with Gasteiger partial charge < -0.3 is 11.1 Å². The van der Waals surface area contributed by atoms with Crippen LogP contribution in [0.2, 0.25) is 0 Å². The van der Waals surface area contributed by atoms with E-state index in [4.69, 9.17) is 5.73 Å². The molecule has 0 fully saturated rings. The van der Waals surface area contributed by atoms with Gasteiger partial charge in [-0.1, -0.05) is 0 Å². The van der Waals surface area contributed by atoms with Gasteiger partial charge in [0.25, 0.3) is 0 Å². The van der Waals surface area contributed by atoms with E-state index in [2.05, 4.69) is 15.0 Å². The molecular formula is C13H18N4O2S. The molecule has 0 amide bonds. The Morgan fingerprint density at radius 1 is 1.20 bits per heavy atom. The molecule has 7 heteroatoms. The maximum atomic E-state index is 10.9. The Kier molecular flexibility index (Phi) is 4.41. The summed E-state index contributed by atoms with van der Waals surface area (Å²) in [6, 6.07) is 5.66. The Bertz CT molecular complexity index is 701. The maximum Gasteiger partial charge on any atom is 0.208 e. The first-order valence-corrected chi connectivity index (χ1v) is 8.17. The van der Waals surface area contributed by atoms with Crippen LogP contribution < -0.4 is 15.8 Å². The number of fused-ring (bicyclic) bond motifs is 1. The Balaban J connectivity index is 1.99. The average molecular weight is 294 g/mol. The van der Waals surface area contributed by atoms with Crippen molar-refractivity contribution >= 4 is 32.2 Å². The van der Waals surface area contributed by atoms with Crippen LogP contribution in [0.5, 0.6) is 0 Å². The van der Waals surface area contributed by atoms with E-state index < -0.39 is 10.0 Å². The second kappa shape index (κ2) is 6.06. The van der Waals surface area contributed by atoms with Crippen molar-refractivity contribution < 1.29 is 8.42 Å². The van der Waals surface area contributed by atoms with Crippen molar-refractivity contribution in [3.63, 3.8) is 0 Å². The van der Waals surface area contributed by atoms with Crippen molar-refractivity contribution in [3.8, 4) is 0 Å². The van der Waals surface area contributed by atoms with Gasteiger partial charge in [0, 0.05) is 47.6 Å². The summed E-state index contributed by atoms with van der Waals surface area (Å²) in [7, 11) is -3.11. The molecule has 0 spiro atoms. The summed E-state index contributed by atoms with van der Waals surface area (Å²) >= 11 is 0. The Morgan fingerprint density at radius 2 is 2.00 bits per heavy atom. The molecule has 20 heavy (non-hydrogen) atoms. The van der Waals surface area contributed by atoms with Crippen LogP contribution in [0.4, 0.5) is 11.4 Å². The molecule has 2 rings (SSSR count). The number of hydrogen-bond donors (Lipinski definition) is 3. The fourth-order valence-electron chi connectivity index (χ4n) is 1.94. The molecule has 1 aromatic carbocycles. The Morgan fingerprint density at radius 3 is 2.75 bits per heavy atom. The highest BCUT2D eigenvalue weighted by Crippen LogP contribution is 2.27. The summed E-state index contributed by atoms with van der Waals surface area (Å²) < 4.78 is 24.3. The van der Waals surface area contributed by atoms with E-state index in [1.165, 1.54) is 0 Å². The Hall–Kier alpha value is -1.86. The van der Waals surface area contributed by atoms with E-state index in [1.807, 2.05) is 18.2 Å². The zero-order chi connectivity index (χ0) is 14.6. The van der Waals surface area contributed by atoms with E-state index in [0.717, 1.165) is 22.7 Å². The van der Waals surface area contributed by atoms with Crippen molar-refractivity contribution in [2.45, 2.75) is 6.42 Å². The predicted molar refractivity (Wildman–Crippen MR) is 82.1 cm³/mol. The Labute approximate surface area is 118 Å². The minimum absolute atomic E-state index is 0.417. The first kappa shape index (κ1) is 14.5. The summed E-state index contributed by atoms with van der Waals surface area (Å²) in [5.41, 5.74) is 7.57. The van der Waals surface area contributed by atoms with Crippen LogP contribution in [0.3, 0.4) is 0 Å². The molecule has 0 saturated heterocycles. The predicted octanol–water partition coefficient (Wildman–Crippen LogP) is 1.17. The number of sulfonamides is 1. The number of anilines is 2. The molecule has 0 bridgehead atoms. The van der Waals surface area contributed by atoms with Crippen molar-refractivity contribution in [3.05, 3.63) is 30.6 Å². The van der Waals surface area contributed by atoms with Crippen LogP contribution in [0.15, 0.2) is 30.6 Å². The normalized spacial score (nSPS) is 11.7. The number of rotatable bonds is 6. The minimum Gasteiger partial charge on any atom is -0.398 e. The second-order valence-electron chi connectivity index (χ2n) is 4.57. The zero-order valence-electron chi connectivity index (χ0n) is 11.3. The molecule has 108 valence electrons. The van der Waals surface area contributed by atoms with Crippen LogP contribution >= 0.6 is 0 Å². The topological polar surface area (TPSA) is 97.1 Å². The van der Waals surface area contributed by atoms with Gasteiger partial charge in [-0.2, -0.15) is 0 Å². The van der Waals surface area contributed by atoms with E-state index in [0.29, 0.717) is 25.2 Å². The van der Waals surface area contributed by atoms with Gasteiger partial charge in [0.2, 0.25) is 10.0 Å². The lowest BCUT2D eigenvalue weighted by Gasteiger charge is -2.11. The van der Waals surface area contributed by atoms with Gasteiger partial charge in [-0.3, -0.25) is 4.98 Å². The first-order valence-electron chi connectivity index (χ1n) is 6.28. The molecule has 1 heterocycles. The van der Waals surface area contributed by atoms with Crippen molar-refractivity contribution in [1.82, 2.24) is 9.71 Å². The molecule has 0 saturated carbocycles. The minimum atomic E-state index is -3.11. The summed E-state index contributed by atoms with van der Waals surface area (Å²) in [5.74, 6) is 0. The summed E-state index contributed by atoms with van der Waals surface area (Å²) in [6.45, 7) is 1.09. The molecule has 6 nitrogen and oxygen atoms in total. The third-order valence-corrected chi connectivity index (χ3v) is 3.61. The number of nitrogens with one attached hydrogen (secondary N) is 2. The highest BCUT2D eigenvalue weighted by molar-refractivity contribution is 7.88. The van der Waals surface area contributed by atoms with Gasteiger partial charge in [-0.15, -0.1) is 0 Å². The van der Waals surface area contributed by atoms with Crippen LogP contribution in [-0.4, -0.2) is 32.7 Å². The SMILES string of the molecule is CS(=O)(=O)NCCCNc1ccc(N)c2cnccc12. The van der Waals surface area contributed by atoms with Crippen molar-refractivity contribution in [2.75, 3.05) is 30.4 Å². The number of pyridine rings is 1. The first-order chi connectivity index (χ1) is 9.47. The van der Waals surface area contributed by atoms with Gasteiger partial charge in [-0.05, 0) is 24.6 Å². The van der Waals surface area contributed by atoms with Gasteiger partial charge in [0.15, 0.2) is 0 Å². The number of benzene rings is 1. The van der Waals surface area contributed by atoms with E-state index in [1.54, 1.807) is 12.4 Å². The third kappa shape index (κ3) is 3.82. The van der Waals surface area contributed by atoms with Crippen LogP contribution in [0.1, 0.15) is 6.42 Å². The standard InChI is InChI=1S/C13H18N4O2S/c1-20(18,19)17-7-2-6-16-13-4-3-12(14)11-9-15-8-5-10(11)13/h3-5,8-9,16-17H,2,6-7,14H2,1H3. The molecule has 1 aromatic heterocycles. The van der Waals surface area contributed by atoms with E-state index in [9.17, 15) is 8.42 Å². The fourth-order valence-corrected chi connectivity index (χ4v) is 2.45. The molecule has 0 unspecified atom stereocenters. The van der Waals surface area contributed by atoms with Crippen LogP contribution in [0, 0.1) is 0 Å². The smallest absolute Gasteiger partial charge is 0.208 e. The van der Waals surface area contributed by atoms with Gasteiger partial charge in [0.05, 0.1) is 6.26 Å². The maximum absolute atomic E-state index is 10.9. The van der Waals surface area contributed by atoms with Gasteiger partial charge in [0.1, 0.15) is 0 Å². The molecule has 0 radical (unpaired) electrons. The number of nitrogens with two attached hydrogens (primary N) is 1. The molecule has 0 atom stereocenters. The summed E-state index contributed by atoms with van der Waals surface area (Å²) in [4.78, 5) is 4.07. The molecule has 4 N–H and O–H groups in total. The van der Waals surface area contributed by atoms with Gasteiger partial charge in [-0.25, -0.2) is 13.1 Å². The largest absolute Gasteiger partial charge is 0.398 e. The van der Waals surface area contributed by atoms with Crippen molar-refractivity contribution in [1.29, 1.82) is 0 Å². The van der Waals surface area contributed by atoms with Crippen molar-refractivity contribution in [2.24, 2.45) is 0 Å². The molecule has 0 aliphatic rings. The lowest BCUT2D eigenvalue weighted by Crippen LogP contribution is -2.24. The molecule has 0 aliphatic heterocycles. The number of hydrogen-bond acceptors (Lipinski definition) is 5. The lowest BCUT2D eigenvalue weighted by molar-refractivity contribution is 0.586. The summed E-state index contributed by atoms with van der Waals surface area (Å²) in [6.07, 6.45) is 5.31. The van der Waals surface area contributed by atoms with E-state index >= 15 is 0 Å². The average Bonchev–Trinajstić information content (AvgIpc) is 2.40. The zero-order valence-corrected chi connectivity index (χ0v) is 12.1. The van der Waals surface area contributed by atoms with Gasteiger partial charge >= 0.3 is 0 Å². The van der Waals surface area contributed by atoms with Crippen LogP contribution in [0.25, 0.3) is 10.8 Å². The molecule has 0 aliphatic carbocycles. The quantitative estimate of drug-likeness (QED) is 0.549. The highest BCUT2D eigenvalue weighted by Gasteiger charge is 2.04. The highest BCUT2D eigenvalue weighted by atomic mass is 32.2. The summed E-state index contributed by atoms with van der Waals surface area (Å²) in [5, 5.41) is 5.20. The second-order valence-corrected chi connectivity index (χ2v) is 6.40. The number of aromatic nitrogens is 1. The van der Waals surface area contributed by atoms with Crippen LogP contribution in [-0.2, 0) is 10.0 Å². The molecular weight excluding hydrogens is 276 g/mol. The molecule has 2 aromatic rings. The third-order valence-electron chi connectivity index (χ3n) is 2.89. The number of nitrogens with zero attached hydrogens (tertiary/aromatic N) is 1. The lowest BCUT2D eigenvalue weighted by atomic mass is 10.1. The monoisotopic (exact) mass is 294 g/mol.